The molecule has 0 aliphatic carbocycles. The normalized spacial score (nSPS) is 10.9. The summed E-state index contributed by atoms with van der Waals surface area (Å²) in [5.74, 6) is 0.415. The Morgan fingerprint density at radius 1 is 1.19 bits per heavy atom. The van der Waals surface area contributed by atoms with E-state index >= 15 is 0 Å². The molecule has 0 unspecified atom stereocenters. The third-order valence-electron chi connectivity index (χ3n) is 4.89. The highest BCUT2D eigenvalue weighted by Gasteiger charge is 2.11. The Kier molecular flexibility index (Phi) is 6.51. The number of hydrogen-bond acceptors (Lipinski definition) is 5. The summed E-state index contributed by atoms with van der Waals surface area (Å²) in [6.07, 6.45) is 3.01. The van der Waals surface area contributed by atoms with Gasteiger partial charge in [-0.1, -0.05) is 35.9 Å². The van der Waals surface area contributed by atoms with E-state index in [-0.39, 0.29) is 18.1 Å². The molecule has 0 saturated carbocycles. The summed E-state index contributed by atoms with van der Waals surface area (Å²) in [6.45, 7) is 3.00. The van der Waals surface area contributed by atoms with E-state index in [2.05, 4.69) is 15.4 Å². The van der Waals surface area contributed by atoms with Crippen LogP contribution in [-0.4, -0.2) is 38.4 Å². The van der Waals surface area contributed by atoms with Gasteiger partial charge in [-0.05, 0) is 42.3 Å². The van der Waals surface area contributed by atoms with E-state index in [9.17, 15) is 9.59 Å². The van der Waals surface area contributed by atoms with Gasteiger partial charge in [0.15, 0.2) is 12.3 Å². The van der Waals surface area contributed by atoms with Gasteiger partial charge in [0.2, 0.25) is 0 Å². The van der Waals surface area contributed by atoms with Gasteiger partial charge in [-0.3, -0.25) is 14.2 Å². The van der Waals surface area contributed by atoms with E-state index < -0.39 is 0 Å². The first kappa shape index (κ1) is 21.6. The number of carbonyl (C=O) groups excluding carboxylic acids is 1. The lowest BCUT2D eigenvalue weighted by Crippen LogP contribution is -2.31. The smallest absolute Gasteiger partial charge is 0.264 e. The first-order valence-electron chi connectivity index (χ1n) is 10.1. The number of nitrogens with zero attached hydrogens (tertiary/aromatic N) is 4. The Balaban J connectivity index is 1.34. The monoisotopic (exact) mass is 451 g/mol. The second-order valence-electron chi connectivity index (χ2n) is 7.36. The average Bonchev–Trinajstić information content (AvgIpc) is 3.19. The molecule has 164 valence electrons. The lowest BCUT2D eigenvalue weighted by Gasteiger charge is -2.09. The molecule has 8 nitrogen and oxygen atoms in total. The van der Waals surface area contributed by atoms with Crippen LogP contribution in [0.4, 0.5) is 0 Å². The maximum Gasteiger partial charge on any atom is 0.264 e. The average molecular weight is 452 g/mol. The number of rotatable bonds is 8. The molecule has 0 atom stereocenters. The maximum atomic E-state index is 12.8. The molecule has 0 bridgehead atoms. The predicted molar refractivity (Wildman–Crippen MR) is 122 cm³/mol. The molecule has 2 aromatic heterocycles. The molecule has 0 aliphatic heterocycles. The predicted octanol–water partition coefficient (Wildman–Crippen LogP) is 2.80. The molecule has 0 fully saturated rings. The number of aromatic nitrogens is 4. The van der Waals surface area contributed by atoms with E-state index in [0.29, 0.717) is 41.4 Å². The van der Waals surface area contributed by atoms with Crippen LogP contribution < -0.4 is 15.6 Å². The molecule has 1 N–H and O–H groups in total. The van der Waals surface area contributed by atoms with Gasteiger partial charge in [0.25, 0.3) is 11.5 Å². The molecule has 2 aromatic carbocycles. The van der Waals surface area contributed by atoms with Crippen LogP contribution in [0.5, 0.6) is 5.75 Å². The number of aryl methyl sites for hydroxylation is 1. The van der Waals surface area contributed by atoms with Crippen LogP contribution >= 0.6 is 11.6 Å². The Bertz CT molecular complexity index is 1300. The highest BCUT2D eigenvalue weighted by molar-refractivity contribution is 6.30. The van der Waals surface area contributed by atoms with Gasteiger partial charge in [0.05, 0.1) is 19.3 Å². The topological polar surface area (TPSA) is 91.0 Å². The summed E-state index contributed by atoms with van der Waals surface area (Å²) in [7, 11) is 0. The molecule has 9 heteroatoms. The van der Waals surface area contributed by atoms with Crippen molar-refractivity contribution in [1.29, 1.82) is 0 Å². The number of nitrogens with one attached hydrogen (secondary N) is 1. The van der Waals surface area contributed by atoms with Crippen molar-refractivity contribution in [2.45, 2.75) is 20.0 Å². The number of halogens is 1. The molecule has 0 spiro atoms. The van der Waals surface area contributed by atoms with Gasteiger partial charge >= 0.3 is 0 Å². The molecule has 1 amide bonds. The lowest BCUT2D eigenvalue weighted by atomic mass is 10.2. The zero-order valence-electron chi connectivity index (χ0n) is 17.5. The molecule has 0 radical (unpaired) electrons. The Morgan fingerprint density at radius 2 is 2.00 bits per heavy atom. The highest BCUT2D eigenvalue weighted by Crippen LogP contribution is 2.12. The quantitative estimate of drug-likeness (QED) is 0.445. The van der Waals surface area contributed by atoms with Gasteiger partial charge in [0, 0.05) is 11.6 Å². The second-order valence-corrected chi connectivity index (χ2v) is 7.80. The number of carbonyl (C=O) groups is 1. The summed E-state index contributed by atoms with van der Waals surface area (Å²) < 4.78 is 8.62. The van der Waals surface area contributed by atoms with Crippen LogP contribution in [-0.2, 0) is 17.9 Å². The number of amides is 1. The van der Waals surface area contributed by atoms with E-state index in [4.69, 9.17) is 16.3 Å². The summed E-state index contributed by atoms with van der Waals surface area (Å²) in [4.78, 5) is 29.2. The Hall–Kier alpha value is -3.65. The van der Waals surface area contributed by atoms with Gasteiger partial charge in [-0.15, -0.1) is 0 Å². The minimum atomic E-state index is -0.235. The van der Waals surface area contributed by atoms with Crippen molar-refractivity contribution < 1.29 is 9.53 Å². The van der Waals surface area contributed by atoms with Crippen LogP contribution in [0.2, 0.25) is 5.02 Å². The minimum absolute atomic E-state index is 0.0725. The minimum Gasteiger partial charge on any atom is -0.484 e. The van der Waals surface area contributed by atoms with Gasteiger partial charge in [-0.2, -0.15) is 5.10 Å². The zero-order chi connectivity index (χ0) is 22.5. The maximum absolute atomic E-state index is 12.8. The first-order chi connectivity index (χ1) is 15.5. The second kappa shape index (κ2) is 9.65. The van der Waals surface area contributed by atoms with Crippen molar-refractivity contribution in [3.05, 3.63) is 87.6 Å². The largest absolute Gasteiger partial charge is 0.484 e. The van der Waals surface area contributed by atoms with Crippen LogP contribution in [0.25, 0.3) is 11.0 Å². The van der Waals surface area contributed by atoms with Crippen molar-refractivity contribution in [2.75, 3.05) is 13.2 Å². The third kappa shape index (κ3) is 5.15. The molecule has 32 heavy (non-hydrogen) atoms. The zero-order valence-corrected chi connectivity index (χ0v) is 18.2. The van der Waals surface area contributed by atoms with E-state index in [1.807, 2.05) is 43.3 Å². The first-order valence-corrected chi connectivity index (χ1v) is 10.5. The highest BCUT2D eigenvalue weighted by atomic mass is 35.5. The number of benzene rings is 2. The van der Waals surface area contributed by atoms with Crippen molar-refractivity contribution in [1.82, 2.24) is 24.6 Å². The summed E-state index contributed by atoms with van der Waals surface area (Å²) in [6, 6.07) is 14.8. The van der Waals surface area contributed by atoms with Crippen molar-refractivity contribution in [3.8, 4) is 5.75 Å². The third-order valence-corrected chi connectivity index (χ3v) is 5.15. The molecule has 4 aromatic rings. The standard InChI is InChI=1S/C23H22ClN5O3/c1-16-3-2-4-19(11-16)32-14-21(30)25-9-10-29-22-20(12-27-29)23(31)28(15-26-22)13-17-5-7-18(24)8-6-17/h2-8,11-12,15H,9-10,13-14H2,1H3,(H,25,30). The Morgan fingerprint density at radius 3 is 2.78 bits per heavy atom. The molecule has 0 saturated heterocycles. The van der Waals surface area contributed by atoms with Crippen molar-refractivity contribution >= 4 is 28.5 Å². The van der Waals surface area contributed by atoms with Crippen molar-refractivity contribution in [2.24, 2.45) is 0 Å². The number of fused-ring (bicyclic) bond motifs is 1. The lowest BCUT2D eigenvalue weighted by molar-refractivity contribution is -0.123. The molecule has 0 aliphatic rings. The van der Waals surface area contributed by atoms with E-state index in [1.54, 1.807) is 16.8 Å². The Labute approximate surface area is 189 Å². The fourth-order valence-corrected chi connectivity index (χ4v) is 3.39. The fraction of sp³-hybridized carbons (Fsp3) is 0.217. The number of hydrogen-bond donors (Lipinski definition) is 1. The van der Waals surface area contributed by atoms with Gasteiger partial charge in [0.1, 0.15) is 17.5 Å². The fourth-order valence-electron chi connectivity index (χ4n) is 3.27. The van der Waals surface area contributed by atoms with E-state index in [0.717, 1.165) is 11.1 Å². The summed E-state index contributed by atoms with van der Waals surface area (Å²) in [5, 5.41) is 8.11. The SMILES string of the molecule is Cc1cccc(OCC(=O)NCCn2ncc3c(=O)n(Cc4ccc(Cl)cc4)cnc32)c1. The molecular weight excluding hydrogens is 430 g/mol. The van der Waals surface area contributed by atoms with E-state index in [1.165, 1.54) is 17.1 Å². The van der Waals surface area contributed by atoms with Gasteiger partial charge in [-0.25, -0.2) is 9.67 Å². The summed E-state index contributed by atoms with van der Waals surface area (Å²) in [5.41, 5.74) is 2.31. The van der Waals surface area contributed by atoms with Crippen LogP contribution in [0.3, 0.4) is 0 Å². The molecular formula is C23H22ClN5O3. The van der Waals surface area contributed by atoms with Crippen LogP contribution in [0, 0.1) is 6.92 Å². The van der Waals surface area contributed by atoms with Gasteiger partial charge < -0.3 is 10.1 Å². The van der Waals surface area contributed by atoms with Crippen LogP contribution in [0.1, 0.15) is 11.1 Å². The summed E-state index contributed by atoms with van der Waals surface area (Å²) >= 11 is 5.91. The number of ether oxygens (including phenoxy) is 1. The molecule has 4 rings (SSSR count). The van der Waals surface area contributed by atoms with Crippen molar-refractivity contribution in [3.63, 3.8) is 0 Å². The molecule has 2 heterocycles. The van der Waals surface area contributed by atoms with Crippen LogP contribution in [0.15, 0.2) is 65.8 Å².